The van der Waals surface area contributed by atoms with Crippen LogP contribution in [0.15, 0.2) is 23.1 Å². The van der Waals surface area contributed by atoms with E-state index in [1.165, 1.54) is 16.4 Å². The van der Waals surface area contributed by atoms with Gasteiger partial charge in [0.1, 0.15) is 4.90 Å². The Morgan fingerprint density at radius 2 is 1.96 bits per heavy atom. The maximum Gasteiger partial charge on any atom is 0.244 e. The number of piperidine rings is 1. The van der Waals surface area contributed by atoms with Gasteiger partial charge in [-0.1, -0.05) is 18.0 Å². The maximum absolute atomic E-state index is 12.7. The molecule has 0 spiro atoms. The molecule has 2 aliphatic rings. The number of sulfonamides is 1. The summed E-state index contributed by atoms with van der Waals surface area (Å²) in [5, 5.41) is 6.15. The molecule has 2 aliphatic heterocycles. The number of anilines is 1. The van der Waals surface area contributed by atoms with E-state index in [4.69, 9.17) is 11.6 Å². The lowest BCUT2D eigenvalue weighted by Crippen LogP contribution is -2.43. The van der Waals surface area contributed by atoms with E-state index in [9.17, 15) is 13.2 Å². The van der Waals surface area contributed by atoms with Crippen LogP contribution in [0, 0.1) is 0 Å². The number of carbonyl (C=O) groups is 1. The molecule has 6 nitrogen and oxygen atoms in total. The van der Waals surface area contributed by atoms with E-state index in [-0.39, 0.29) is 21.9 Å². The predicted molar refractivity (Wildman–Crippen MR) is 93.7 cm³/mol. The Labute approximate surface area is 147 Å². The van der Waals surface area contributed by atoms with Gasteiger partial charge in [-0.25, -0.2) is 8.42 Å². The maximum atomic E-state index is 12.7. The monoisotopic (exact) mass is 371 g/mol. The van der Waals surface area contributed by atoms with Crippen LogP contribution in [0.2, 0.25) is 5.02 Å². The molecule has 1 aromatic rings. The third-order valence-electron chi connectivity index (χ3n) is 4.51. The van der Waals surface area contributed by atoms with Gasteiger partial charge in [0.05, 0.1) is 11.1 Å². The summed E-state index contributed by atoms with van der Waals surface area (Å²) in [6.07, 6.45) is 4.60. The first-order valence-corrected chi connectivity index (χ1v) is 10.1. The van der Waals surface area contributed by atoms with Crippen LogP contribution in [0.3, 0.4) is 0 Å². The second-order valence-corrected chi connectivity index (χ2v) is 8.56. The van der Waals surface area contributed by atoms with Gasteiger partial charge in [-0.3, -0.25) is 4.79 Å². The molecular formula is C16H22ClN3O3S. The van der Waals surface area contributed by atoms with Crippen molar-refractivity contribution in [3.05, 3.63) is 23.2 Å². The summed E-state index contributed by atoms with van der Waals surface area (Å²) in [4.78, 5) is 12.4. The SMILES string of the molecule is O=C(Nc1ccc(Cl)c(S(=O)(=O)N2CCCC2)c1)C1CCCCN1. The van der Waals surface area contributed by atoms with Crippen LogP contribution < -0.4 is 10.6 Å². The van der Waals surface area contributed by atoms with Gasteiger partial charge in [0, 0.05) is 18.8 Å². The fraction of sp³-hybridized carbons (Fsp3) is 0.562. The third kappa shape index (κ3) is 3.74. The molecule has 24 heavy (non-hydrogen) atoms. The van der Waals surface area contributed by atoms with Crippen molar-refractivity contribution < 1.29 is 13.2 Å². The second kappa shape index (κ2) is 7.39. The van der Waals surface area contributed by atoms with Gasteiger partial charge < -0.3 is 10.6 Å². The molecule has 1 atom stereocenters. The third-order valence-corrected chi connectivity index (χ3v) is 6.89. The summed E-state index contributed by atoms with van der Waals surface area (Å²) in [7, 11) is -3.62. The summed E-state index contributed by atoms with van der Waals surface area (Å²) in [5.41, 5.74) is 0.453. The van der Waals surface area contributed by atoms with Crippen LogP contribution in [0.5, 0.6) is 0 Å². The van der Waals surface area contributed by atoms with Gasteiger partial charge in [-0.15, -0.1) is 0 Å². The molecule has 132 valence electrons. The largest absolute Gasteiger partial charge is 0.325 e. The fourth-order valence-electron chi connectivity index (χ4n) is 3.15. The molecule has 1 amide bonds. The first kappa shape index (κ1) is 17.7. The van der Waals surface area contributed by atoms with Crippen LogP contribution in [0.25, 0.3) is 0 Å². The van der Waals surface area contributed by atoms with E-state index in [1.807, 2.05) is 0 Å². The van der Waals surface area contributed by atoms with Crippen LogP contribution >= 0.6 is 11.6 Å². The van der Waals surface area contributed by atoms with E-state index < -0.39 is 10.0 Å². The number of amides is 1. The Morgan fingerprint density at radius 1 is 1.21 bits per heavy atom. The van der Waals surface area contributed by atoms with Crippen LogP contribution in [-0.4, -0.2) is 44.3 Å². The average Bonchev–Trinajstić information content (AvgIpc) is 3.12. The lowest BCUT2D eigenvalue weighted by molar-refractivity contribution is -0.118. The zero-order valence-corrected chi connectivity index (χ0v) is 15.0. The van der Waals surface area contributed by atoms with Crippen LogP contribution in [0.1, 0.15) is 32.1 Å². The lowest BCUT2D eigenvalue weighted by Gasteiger charge is -2.23. The van der Waals surface area contributed by atoms with Gasteiger partial charge in [0.2, 0.25) is 15.9 Å². The molecule has 0 saturated carbocycles. The number of rotatable bonds is 4. The fourth-order valence-corrected chi connectivity index (χ4v) is 5.17. The summed E-state index contributed by atoms with van der Waals surface area (Å²) >= 11 is 6.11. The molecule has 2 N–H and O–H groups in total. The smallest absolute Gasteiger partial charge is 0.244 e. The first-order chi connectivity index (χ1) is 11.5. The van der Waals surface area contributed by atoms with E-state index in [1.54, 1.807) is 6.07 Å². The Bertz CT molecular complexity index is 711. The van der Waals surface area contributed by atoms with E-state index >= 15 is 0 Å². The molecule has 2 fully saturated rings. The number of nitrogens with zero attached hydrogens (tertiary/aromatic N) is 1. The first-order valence-electron chi connectivity index (χ1n) is 8.32. The number of halogens is 1. The van der Waals surface area contributed by atoms with Crippen molar-refractivity contribution in [2.24, 2.45) is 0 Å². The minimum Gasteiger partial charge on any atom is -0.325 e. The molecule has 0 bridgehead atoms. The Balaban J connectivity index is 1.79. The minimum atomic E-state index is -3.62. The van der Waals surface area contributed by atoms with Crippen molar-refractivity contribution in [1.82, 2.24) is 9.62 Å². The minimum absolute atomic E-state index is 0.0560. The van der Waals surface area contributed by atoms with Crippen molar-refractivity contribution >= 4 is 33.2 Å². The highest BCUT2D eigenvalue weighted by Crippen LogP contribution is 2.29. The Hall–Kier alpha value is -1.15. The Kier molecular flexibility index (Phi) is 5.44. The second-order valence-electron chi connectivity index (χ2n) is 6.25. The van der Waals surface area contributed by atoms with Gasteiger partial charge in [-0.05, 0) is 50.4 Å². The summed E-state index contributed by atoms with van der Waals surface area (Å²) in [6.45, 7) is 1.86. The normalized spacial score (nSPS) is 22.5. The Morgan fingerprint density at radius 3 is 2.62 bits per heavy atom. The highest BCUT2D eigenvalue weighted by Gasteiger charge is 2.29. The topological polar surface area (TPSA) is 78.5 Å². The summed E-state index contributed by atoms with van der Waals surface area (Å²) in [6, 6.07) is 4.38. The van der Waals surface area contributed by atoms with Crippen molar-refractivity contribution in [2.45, 2.75) is 43.0 Å². The standard InChI is InChI=1S/C16H22ClN3O3S/c17-13-7-6-12(19-16(21)14-5-1-2-8-18-14)11-15(13)24(22,23)20-9-3-4-10-20/h6-7,11,14,18H,1-5,8-10H2,(H,19,21). The number of benzene rings is 1. The zero-order chi connectivity index (χ0) is 17.2. The van der Waals surface area contributed by atoms with E-state index in [0.29, 0.717) is 18.8 Å². The van der Waals surface area contributed by atoms with Crippen molar-refractivity contribution in [3.63, 3.8) is 0 Å². The van der Waals surface area contributed by atoms with Crippen molar-refractivity contribution in [3.8, 4) is 0 Å². The molecule has 3 rings (SSSR count). The quantitative estimate of drug-likeness (QED) is 0.850. The molecule has 0 aromatic heterocycles. The molecule has 2 heterocycles. The molecule has 1 unspecified atom stereocenters. The van der Waals surface area contributed by atoms with Gasteiger partial charge in [0.15, 0.2) is 0 Å². The number of hydrogen-bond donors (Lipinski definition) is 2. The van der Waals surface area contributed by atoms with E-state index in [2.05, 4.69) is 10.6 Å². The summed E-state index contributed by atoms with van der Waals surface area (Å²) < 4.78 is 26.9. The van der Waals surface area contributed by atoms with Crippen LogP contribution in [0.4, 0.5) is 5.69 Å². The van der Waals surface area contributed by atoms with E-state index in [0.717, 1.165) is 38.6 Å². The average molecular weight is 372 g/mol. The van der Waals surface area contributed by atoms with Crippen LogP contribution in [-0.2, 0) is 14.8 Å². The number of carbonyl (C=O) groups excluding carboxylic acids is 1. The molecule has 2 saturated heterocycles. The van der Waals surface area contributed by atoms with Crippen molar-refractivity contribution in [1.29, 1.82) is 0 Å². The highest BCUT2D eigenvalue weighted by molar-refractivity contribution is 7.89. The lowest BCUT2D eigenvalue weighted by atomic mass is 10.0. The summed E-state index contributed by atoms with van der Waals surface area (Å²) in [5.74, 6) is -0.137. The van der Waals surface area contributed by atoms with Gasteiger partial charge in [0.25, 0.3) is 0 Å². The number of nitrogens with one attached hydrogen (secondary N) is 2. The zero-order valence-electron chi connectivity index (χ0n) is 13.4. The molecule has 0 aliphatic carbocycles. The number of hydrogen-bond acceptors (Lipinski definition) is 4. The van der Waals surface area contributed by atoms with Gasteiger partial charge in [-0.2, -0.15) is 4.31 Å². The molecular weight excluding hydrogens is 350 g/mol. The van der Waals surface area contributed by atoms with Crippen molar-refractivity contribution in [2.75, 3.05) is 25.0 Å². The highest BCUT2D eigenvalue weighted by atomic mass is 35.5. The molecule has 1 aromatic carbocycles. The predicted octanol–water partition coefficient (Wildman–Crippen LogP) is 2.21. The molecule has 0 radical (unpaired) electrons. The molecule has 8 heteroatoms. The van der Waals surface area contributed by atoms with Gasteiger partial charge >= 0.3 is 0 Å².